The maximum Gasteiger partial charge on any atom is 0.268 e. The summed E-state index contributed by atoms with van der Waals surface area (Å²) in [6.07, 6.45) is 9.27. The predicted octanol–water partition coefficient (Wildman–Crippen LogP) is 26.3. The van der Waals surface area contributed by atoms with E-state index >= 15 is 0 Å². The molecule has 1 radical (unpaired) electrons. The van der Waals surface area contributed by atoms with Crippen LogP contribution in [0.3, 0.4) is 0 Å². The Balaban J connectivity index is 0.000000156. The third-order valence-electron chi connectivity index (χ3n) is 23.4. The van der Waals surface area contributed by atoms with Gasteiger partial charge in [-0.3, -0.25) is 9.55 Å². The molecule has 0 saturated carbocycles. The van der Waals surface area contributed by atoms with Crippen LogP contribution in [-0.4, -0.2) is 34.9 Å². The average Bonchev–Trinajstić information content (AvgIpc) is 0.776. The Labute approximate surface area is 778 Å². The van der Waals surface area contributed by atoms with Crippen LogP contribution in [0.4, 0.5) is 0 Å². The summed E-state index contributed by atoms with van der Waals surface area (Å²) in [7, 11) is 0. The van der Waals surface area contributed by atoms with Gasteiger partial charge in [0.15, 0.2) is 0 Å². The van der Waals surface area contributed by atoms with Crippen molar-refractivity contribution in [1.82, 2.24) is 28.2 Å². The normalized spacial score (nSPS) is 13.1. The molecule has 0 unspecified atom stereocenters. The molecule has 0 bridgehead atoms. The second-order valence-corrected chi connectivity index (χ2v) is 34.0. The molecule has 0 fully saturated rings. The molecule has 0 aliphatic carbocycles. The Bertz CT molecular complexity index is 7830. The maximum absolute atomic E-state index is 9.07. The van der Waals surface area contributed by atoms with E-state index in [1.807, 2.05) is 109 Å². The zero-order valence-electron chi connectivity index (χ0n) is 81.0. The SMILES string of the molecule is CC(C)c1cc(-c2ccccc2)cc(C(C)C)c1-n1ccnc1-c1[c-]cccc1.[2H]c1c([2H])c([2H])c(-c2cccc(-c3c([2H])c([2H])c([2H])c([2H])c3[2H])c2-[n+]2[c-]n(-c3[c-]c(Oc4[c-]c5c(cc4)c4ccccc4n5-c4cc(C(C)(C)C)ccn4)cc(C(C)(C)C)c3)c3ccccc32)c([2H])c1[2H].[Ir].[Pt].c1ccc2c(c1)Oc1cc(-n3c4ccccc4c4ccccc43)cc3c1B2c1ccccc1O3. The molecule has 7 heterocycles. The molecule has 126 heavy (non-hydrogen) atoms. The molecule has 20 aromatic rings. The van der Waals surface area contributed by atoms with Crippen molar-refractivity contribution in [3.05, 3.63) is 405 Å². The third kappa shape index (κ3) is 15.6. The van der Waals surface area contributed by atoms with Crippen LogP contribution >= 0.6 is 0 Å². The molecule has 2 aliphatic heterocycles. The number of nitrogens with zero attached hydrogens (tertiary/aromatic N) is 7. The van der Waals surface area contributed by atoms with Crippen LogP contribution in [0.5, 0.6) is 34.5 Å². The zero-order valence-corrected chi connectivity index (χ0v) is 75.7. The van der Waals surface area contributed by atoms with Gasteiger partial charge in [-0.25, -0.2) is 4.98 Å². The van der Waals surface area contributed by atoms with Gasteiger partial charge in [0.05, 0.1) is 53.0 Å². The fourth-order valence-electron chi connectivity index (χ4n) is 17.4. The minimum absolute atomic E-state index is 0. The van der Waals surface area contributed by atoms with Gasteiger partial charge >= 0.3 is 0 Å². The summed E-state index contributed by atoms with van der Waals surface area (Å²) < 4.78 is 117. The summed E-state index contributed by atoms with van der Waals surface area (Å²) >= 11 is 0. The van der Waals surface area contributed by atoms with E-state index in [1.54, 1.807) is 27.3 Å². The third-order valence-corrected chi connectivity index (χ3v) is 23.4. The number of para-hydroxylation sites is 8. The molecule has 621 valence electrons. The van der Waals surface area contributed by atoms with E-state index in [0.29, 0.717) is 40.1 Å². The number of hydrogen-bond donors (Lipinski definition) is 0. The summed E-state index contributed by atoms with van der Waals surface area (Å²) in [5, 5.41) is 4.50. The van der Waals surface area contributed by atoms with Gasteiger partial charge in [-0.15, -0.1) is 65.5 Å². The zero-order chi connectivity index (χ0) is 93.2. The molecule has 10 nitrogen and oxygen atoms in total. The van der Waals surface area contributed by atoms with Gasteiger partial charge in [0.1, 0.15) is 28.8 Å². The quantitative estimate of drug-likeness (QED) is 0.0653. The van der Waals surface area contributed by atoms with Crippen LogP contribution < -0.4 is 35.2 Å². The van der Waals surface area contributed by atoms with Crippen LogP contribution in [0.15, 0.2) is 358 Å². The number of aromatic nitrogens is 7. The van der Waals surface area contributed by atoms with E-state index in [1.165, 1.54) is 60.7 Å². The molecule has 2 aliphatic rings. The Morgan fingerprint density at radius 1 is 0.460 bits per heavy atom. The van der Waals surface area contributed by atoms with Gasteiger partial charge in [-0.2, -0.15) is 17.7 Å². The van der Waals surface area contributed by atoms with E-state index in [4.69, 9.17) is 32.9 Å². The summed E-state index contributed by atoms with van der Waals surface area (Å²) in [5.74, 6) is 6.81. The maximum atomic E-state index is 9.07. The number of benzene rings is 15. The molecule has 13 heteroatoms. The van der Waals surface area contributed by atoms with Gasteiger partial charge in [-0.1, -0.05) is 299 Å². The number of ether oxygens (including phenoxy) is 3. The van der Waals surface area contributed by atoms with Crippen LogP contribution in [-0.2, 0) is 52.0 Å². The van der Waals surface area contributed by atoms with Crippen molar-refractivity contribution < 1.29 is 73.7 Å². The van der Waals surface area contributed by atoms with Crippen molar-refractivity contribution >= 4 is 77.7 Å². The fourth-order valence-corrected chi connectivity index (χ4v) is 17.4. The number of fused-ring (bicyclic) bond motifs is 11. The van der Waals surface area contributed by atoms with Crippen molar-refractivity contribution in [3.8, 4) is 108 Å². The molecule has 0 amide bonds. The van der Waals surface area contributed by atoms with Crippen LogP contribution in [0.25, 0.3) is 128 Å². The predicted molar refractivity (Wildman–Crippen MR) is 508 cm³/mol. The first-order valence-electron chi connectivity index (χ1n) is 46.9. The first-order chi connectivity index (χ1) is 64.6. The minimum atomic E-state index is -0.571. The average molecular weight is 2000 g/mol. The van der Waals surface area contributed by atoms with E-state index in [2.05, 4.69) is 282 Å². The summed E-state index contributed by atoms with van der Waals surface area (Å²) in [4.78, 5) is 9.50. The minimum Gasteiger partial charge on any atom is -0.510 e. The van der Waals surface area contributed by atoms with Crippen LogP contribution in [0.2, 0.25) is 0 Å². The van der Waals surface area contributed by atoms with Gasteiger partial charge < -0.3 is 32.5 Å². The smallest absolute Gasteiger partial charge is 0.268 e. The monoisotopic (exact) mass is 2000 g/mol. The van der Waals surface area contributed by atoms with Gasteiger partial charge in [0.2, 0.25) is 0 Å². The Morgan fingerprint density at radius 3 is 1.60 bits per heavy atom. The van der Waals surface area contributed by atoms with Gasteiger partial charge in [0, 0.05) is 111 Å². The largest absolute Gasteiger partial charge is 0.510 e. The van der Waals surface area contributed by atoms with Crippen molar-refractivity contribution in [2.75, 3.05) is 0 Å². The first-order valence-corrected chi connectivity index (χ1v) is 41.9. The van der Waals surface area contributed by atoms with Gasteiger partial charge in [0.25, 0.3) is 13.0 Å². The molecule has 0 atom stereocenters. The number of hydrogen-bond acceptors (Lipinski definition) is 5. The topological polar surface area (TPSA) is 77.1 Å². The second kappa shape index (κ2) is 34.6. The van der Waals surface area contributed by atoms with Crippen LogP contribution in [0.1, 0.15) is 117 Å². The standard InChI is InChI=1S/C56H46N4O.C30H18BNO2.C27H27N2.Ir.Pt/c1-55(2,3)40-30-31-57-53(34-40)60-49-25-14-13-22-47(49)48-29-28-43(36-52(48)60)61-44-33-41(56(4,5)6)32-42(35-44)58-37-59(51-27-16-15-26-50(51)58)54-45(38-18-9-7-10-19-38)23-17-24-46(54)39-20-11-8-12-21-39;1-5-13-24-20(9-1)21-10-2-6-14-25(21)32(24)19-17-28-30-29(18-19)34-27-16-8-4-12-23(27)31(30)22-11-3-7-15-26(22)33-28;1-19(2)24-17-23(21-11-7-5-8-12-21)18-25(20(3)4)26(24)29-16-15-28-27(29)22-13-9-6-10-14-22;;/h7-34H,1-6H3;1-18H;5-13,15-20H,1-4H3;;/q-2;;-1;;/i7D,8D,9D,10D,11D,12D,18D,19D,20D,21D;;;;. The van der Waals surface area contributed by atoms with Crippen molar-refractivity contribution in [1.29, 1.82) is 0 Å². The Morgan fingerprint density at radius 2 is 1.01 bits per heavy atom. The molecule has 0 spiro atoms. The molecule has 5 aromatic heterocycles. The summed E-state index contributed by atoms with van der Waals surface area (Å²) in [6.45, 7) is 21.9. The summed E-state index contributed by atoms with van der Waals surface area (Å²) in [5.41, 5.74) is 19.4. The molecule has 22 rings (SSSR count). The fraction of sp³-hybridized carbons (Fsp3) is 0.124. The van der Waals surface area contributed by atoms with Gasteiger partial charge in [-0.05, 0) is 149 Å². The number of imidazole rings is 2. The number of rotatable bonds is 13. The van der Waals surface area contributed by atoms with E-state index in [9.17, 15) is 0 Å². The first kappa shape index (κ1) is 71.9. The van der Waals surface area contributed by atoms with Crippen molar-refractivity contribution in [2.45, 2.75) is 91.9 Å². The van der Waals surface area contributed by atoms with Crippen molar-refractivity contribution in [3.63, 3.8) is 0 Å². The molecular formula is C113H91BIrN7O3Pt-3. The Kier molecular flexibility index (Phi) is 19.7. The van der Waals surface area contributed by atoms with E-state index < -0.39 is 65.8 Å². The molecular weight excluding hydrogens is 1900 g/mol. The van der Waals surface area contributed by atoms with E-state index in [0.717, 1.165) is 84.3 Å². The van der Waals surface area contributed by atoms with Crippen molar-refractivity contribution in [2.24, 2.45) is 0 Å². The second-order valence-electron chi connectivity index (χ2n) is 34.0. The summed E-state index contributed by atoms with van der Waals surface area (Å²) in [6, 6.07) is 98.9. The molecule has 15 aromatic carbocycles. The molecule has 0 N–H and O–H groups in total. The van der Waals surface area contributed by atoms with E-state index in [-0.39, 0.29) is 81.2 Å². The van der Waals surface area contributed by atoms with Crippen LogP contribution in [0, 0.1) is 24.5 Å². The molecule has 0 saturated heterocycles. The number of pyridine rings is 1. The Hall–Kier alpha value is -13.5.